The van der Waals surface area contributed by atoms with Crippen LogP contribution in [0.4, 0.5) is 5.69 Å². The number of anilines is 1. The molecule has 2 aromatic carbocycles. The van der Waals surface area contributed by atoms with Crippen molar-refractivity contribution in [1.29, 1.82) is 0 Å². The number of rotatable bonds is 4. The second-order valence-corrected chi connectivity index (χ2v) is 7.66. The predicted molar refractivity (Wildman–Crippen MR) is 118 cm³/mol. The molecule has 150 valence electrons. The minimum absolute atomic E-state index is 0.0769. The van der Waals surface area contributed by atoms with Crippen molar-refractivity contribution in [2.75, 3.05) is 11.9 Å². The van der Waals surface area contributed by atoms with Crippen molar-refractivity contribution in [1.82, 2.24) is 4.57 Å². The molecule has 0 radical (unpaired) electrons. The van der Waals surface area contributed by atoms with E-state index < -0.39 is 17.4 Å². The lowest BCUT2D eigenvalue weighted by molar-refractivity contribution is 0.0908. The number of para-hydroxylation sites is 1. The molecule has 0 N–H and O–H groups in total. The first-order valence-electron chi connectivity index (χ1n) is 9.19. The average molecular weight is 465 g/mol. The monoisotopic (exact) mass is 464 g/mol. The van der Waals surface area contributed by atoms with Gasteiger partial charge in [-0.3, -0.25) is 14.4 Å². The summed E-state index contributed by atoms with van der Waals surface area (Å²) in [5.74, 6) is -0.514. The molecule has 4 aromatic rings. The minimum atomic E-state index is -0.654. The van der Waals surface area contributed by atoms with Crippen LogP contribution in [0.2, 0.25) is 0 Å². The molecule has 4 rings (SSSR count). The lowest BCUT2D eigenvalue weighted by atomic mass is 10.1. The second-order valence-electron chi connectivity index (χ2n) is 6.75. The summed E-state index contributed by atoms with van der Waals surface area (Å²) in [4.78, 5) is 40.8. The SMILES string of the molecule is CN(C(=O)c1cc2ccccc2n(C(=O)Cc2ccco2)c1=O)c1ccc(Br)cc1. The Labute approximate surface area is 180 Å². The zero-order valence-electron chi connectivity index (χ0n) is 16.0. The van der Waals surface area contributed by atoms with Crippen molar-refractivity contribution >= 4 is 44.3 Å². The van der Waals surface area contributed by atoms with Gasteiger partial charge >= 0.3 is 0 Å². The molecule has 0 atom stereocenters. The van der Waals surface area contributed by atoms with Crippen LogP contribution in [0.1, 0.15) is 20.9 Å². The molecule has 0 aliphatic carbocycles. The third-order valence-corrected chi connectivity index (χ3v) is 5.34. The molecular weight excluding hydrogens is 448 g/mol. The Morgan fingerprint density at radius 1 is 1.03 bits per heavy atom. The number of furan rings is 1. The molecule has 0 saturated heterocycles. The quantitative estimate of drug-likeness (QED) is 0.445. The maximum atomic E-state index is 13.2. The van der Waals surface area contributed by atoms with Crippen molar-refractivity contribution in [3.63, 3.8) is 0 Å². The van der Waals surface area contributed by atoms with Gasteiger partial charge in [0, 0.05) is 17.2 Å². The van der Waals surface area contributed by atoms with E-state index in [-0.39, 0.29) is 12.0 Å². The molecule has 0 aliphatic rings. The molecule has 1 amide bonds. The maximum absolute atomic E-state index is 13.2. The van der Waals surface area contributed by atoms with Gasteiger partial charge in [0.25, 0.3) is 11.5 Å². The summed E-state index contributed by atoms with van der Waals surface area (Å²) < 4.78 is 7.18. The van der Waals surface area contributed by atoms with Crippen LogP contribution in [0.5, 0.6) is 0 Å². The number of amides is 1. The summed E-state index contributed by atoms with van der Waals surface area (Å²) in [7, 11) is 1.59. The summed E-state index contributed by atoms with van der Waals surface area (Å²) in [6.07, 6.45) is 1.38. The fraction of sp³-hybridized carbons (Fsp3) is 0.0870. The van der Waals surface area contributed by atoms with Gasteiger partial charge in [0.15, 0.2) is 0 Å². The summed E-state index contributed by atoms with van der Waals surface area (Å²) in [5.41, 5.74) is 0.345. The fourth-order valence-electron chi connectivity index (χ4n) is 3.27. The van der Waals surface area contributed by atoms with Crippen LogP contribution in [0.3, 0.4) is 0 Å². The summed E-state index contributed by atoms with van der Waals surface area (Å²) in [6, 6.07) is 19.0. The topological polar surface area (TPSA) is 72.5 Å². The van der Waals surface area contributed by atoms with E-state index in [1.165, 1.54) is 17.2 Å². The largest absolute Gasteiger partial charge is 0.469 e. The lowest BCUT2D eigenvalue weighted by Gasteiger charge is -2.18. The molecule has 0 saturated carbocycles. The number of carbonyl (C=O) groups is 2. The van der Waals surface area contributed by atoms with E-state index in [0.29, 0.717) is 22.4 Å². The van der Waals surface area contributed by atoms with E-state index in [0.717, 1.165) is 9.04 Å². The number of halogens is 1. The highest BCUT2D eigenvalue weighted by molar-refractivity contribution is 9.10. The van der Waals surface area contributed by atoms with Crippen LogP contribution in [0.25, 0.3) is 10.9 Å². The lowest BCUT2D eigenvalue weighted by Crippen LogP contribution is -2.37. The van der Waals surface area contributed by atoms with Crippen molar-refractivity contribution in [2.24, 2.45) is 0 Å². The maximum Gasteiger partial charge on any atom is 0.270 e. The standard InChI is InChI=1S/C23H17BrN2O4/c1-25(17-10-8-16(24)9-11-17)22(28)19-13-15-5-2-3-7-20(15)26(23(19)29)21(27)14-18-6-4-12-30-18/h2-13H,14H2,1H3. The first-order chi connectivity index (χ1) is 14.5. The van der Waals surface area contributed by atoms with Gasteiger partial charge in [-0.15, -0.1) is 0 Å². The van der Waals surface area contributed by atoms with E-state index in [9.17, 15) is 14.4 Å². The van der Waals surface area contributed by atoms with Gasteiger partial charge in [-0.05, 0) is 53.9 Å². The van der Waals surface area contributed by atoms with E-state index in [4.69, 9.17) is 4.42 Å². The third-order valence-electron chi connectivity index (χ3n) is 4.81. The van der Waals surface area contributed by atoms with Crippen molar-refractivity contribution < 1.29 is 14.0 Å². The van der Waals surface area contributed by atoms with E-state index in [1.807, 2.05) is 12.1 Å². The Balaban J connectivity index is 1.81. The normalized spacial score (nSPS) is 10.9. The van der Waals surface area contributed by atoms with Gasteiger partial charge in [-0.1, -0.05) is 34.1 Å². The highest BCUT2D eigenvalue weighted by Crippen LogP contribution is 2.20. The number of benzene rings is 2. The van der Waals surface area contributed by atoms with Crippen molar-refractivity contribution in [3.8, 4) is 0 Å². The van der Waals surface area contributed by atoms with Gasteiger partial charge in [-0.2, -0.15) is 0 Å². The molecule has 7 heteroatoms. The highest BCUT2D eigenvalue weighted by atomic mass is 79.9. The first-order valence-corrected chi connectivity index (χ1v) is 9.99. The second kappa shape index (κ2) is 8.12. The molecule has 0 spiro atoms. The summed E-state index contributed by atoms with van der Waals surface area (Å²) in [5, 5.41) is 0.623. The number of pyridine rings is 1. The Morgan fingerprint density at radius 2 is 1.77 bits per heavy atom. The molecule has 2 heterocycles. The summed E-state index contributed by atoms with van der Waals surface area (Å²) >= 11 is 3.36. The van der Waals surface area contributed by atoms with Crippen LogP contribution in [-0.4, -0.2) is 23.4 Å². The number of fused-ring (bicyclic) bond motifs is 1. The van der Waals surface area contributed by atoms with Crippen molar-refractivity contribution in [2.45, 2.75) is 6.42 Å². The number of hydrogen-bond acceptors (Lipinski definition) is 4. The Morgan fingerprint density at radius 3 is 2.47 bits per heavy atom. The van der Waals surface area contributed by atoms with E-state index >= 15 is 0 Å². The van der Waals surface area contributed by atoms with Gasteiger partial charge in [0.1, 0.15) is 11.3 Å². The number of aromatic nitrogens is 1. The highest BCUT2D eigenvalue weighted by Gasteiger charge is 2.23. The fourth-order valence-corrected chi connectivity index (χ4v) is 3.53. The third kappa shape index (κ3) is 3.71. The zero-order valence-corrected chi connectivity index (χ0v) is 17.6. The molecule has 30 heavy (non-hydrogen) atoms. The van der Waals surface area contributed by atoms with Crippen LogP contribution < -0.4 is 10.5 Å². The van der Waals surface area contributed by atoms with Crippen LogP contribution in [-0.2, 0) is 6.42 Å². The van der Waals surface area contributed by atoms with Gasteiger partial charge in [0.2, 0.25) is 5.91 Å². The molecular formula is C23H17BrN2O4. The molecule has 0 aliphatic heterocycles. The Bertz CT molecular complexity index is 1290. The van der Waals surface area contributed by atoms with Gasteiger partial charge in [0.05, 0.1) is 18.2 Å². The van der Waals surface area contributed by atoms with Crippen LogP contribution in [0.15, 0.2) is 86.7 Å². The Kier molecular flexibility index (Phi) is 5.37. The first kappa shape index (κ1) is 19.8. The smallest absolute Gasteiger partial charge is 0.270 e. The zero-order chi connectivity index (χ0) is 21.3. The van der Waals surface area contributed by atoms with E-state index in [2.05, 4.69) is 15.9 Å². The minimum Gasteiger partial charge on any atom is -0.469 e. The van der Waals surface area contributed by atoms with Gasteiger partial charge < -0.3 is 9.32 Å². The predicted octanol–water partition coefficient (Wildman–Crippen LogP) is 4.52. The van der Waals surface area contributed by atoms with Crippen molar-refractivity contribution in [3.05, 3.63) is 99.1 Å². The van der Waals surface area contributed by atoms with Gasteiger partial charge in [-0.25, -0.2) is 4.57 Å². The van der Waals surface area contributed by atoms with E-state index in [1.54, 1.807) is 55.6 Å². The number of hydrogen-bond donors (Lipinski definition) is 0. The van der Waals surface area contributed by atoms with Crippen LogP contribution >= 0.6 is 15.9 Å². The van der Waals surface area contributed by atoms with Crippen LogP contribution in [0, 0.1) is 0 Å². The molecule has 2 aromatic heterocycles. The number of nitrogens with zero attached hydrogens (tertiary/aromatic N) is 2. The Hall–Kier alpha value is -3.45. The number of carbonyl (C=O) groups excluding carboxylic acids is 2. The average Bonchev–Trinajstić information content (AvgIpc) is 3.25. The molecule has 0 fully saturated rings. The molecule has 6 nitrogen and oxygen atoms in total. The summed E-state index contributed by atoms with van der Waals surface area (Å²) in [6.45, 7) is 0. The molecule has 0 unspecified atom stereocenters. The molecule has 0 bridgehead atoms.